The number of amides is 1. The first kappa shape index (κ1) is 21.8. The number of hydrogen-bond donors (Lipinski definition) is 0. The minimum Gasteiger partial charge on any atom is -0.368 e. The zero-order valence-corrected chi connectivity index (χ0v) is 18.9. The molecular formula is C24H25FN4O3S. The van der Waals surface area contributed by atoms with Crippen molar-refractivity contribution in [2.45, 2.75) is 23.8 Å². The Hall–Kier alpha value is -3.04. The van der Waals surface area contributed by atoms with E-state index in [0.29, 0.717) is 51.1 Å². The van der Waals surface area contributed by atoms with Crippen LogP contribution in [-0.2, 0) is 14.8 Å². The summed E-state index contributed by atoms with van der Waals surface area (Å²) in [5.41, 5.74) is 1.34. The lowest BCUT2D eigenvalue weighted by Gasteiger charge is -2.38. The Kier molecular flexibility index (Phi) is 5.76. The van der Waals surface area contributed by atoms with Crippen LogP contribution in [0.3, 0.4) is 0 Å². The van der Waals surface area contributed by atoms with Crippen molar-refractivity contribution < 1.29 is 17.6 Å². The van der Waals surface area contributed by atoms with Crippen LogP contribution in [0, 0.1) is 5.82 Å². The number of anilines is 1. The summed E-state index contributed by atoms with van der Waals surface area (Å²) in [6.07, 6.45) is 2.73. The Balaban J connectivity index is 1.33. The standard InChI is InChI=1S/C24H25FN4O3S/c25-19-8-10-20(11-9-19)27-14-16-28(17-15-27)24(30)21-6-3-13-29(21)33(31,32)22-7-1-4-18-5-2-12-26-23(18)22/h1-2,4-5,7-12,21H,3,6,13-17H2/t21-/m0/s1. The molecule has 0 spiro atoms. The topological polar surface area (TPSA) is 73.8 Å². The average Bonchev–Trinajstić information content (AvgIpc) is 3.35. The zero-order valence-electron chi connectivity index (χ0n) is 18.1. The summed E-state index contributed by atoms with van der Waals surface area (Å²) in [5, 5.41) is 0.748. The number of fused-ring (bicyclic) bond motifs is 1. The van der Waals surface area contributed by atoms with Gasteiger partial charge in [-0.2, -0.15) is 4.31 Å². The van der Waals surface area contributed by atoms with Gasteiger partial charge in [0.25, 0.3) is 0 Å². The number of sulfonamides is 1. The predicted octanol–water partition coefficient (Wildman–Crippen LogP) is 2.88. The fourth-order valence-corrected chi connectivity index (χ4v) is 6.55. The van der Waals surface area contributed by atoms with Crippen LogP contribution < -0.4 is 4.90 Å². The molecule has 2 aliphatic rings. The summed E-state index contributed by atoms with van der Waals surface area (Å²) in [5.74, 6) is -0.431. The summed E-state index contributed by atoms with van der Waals surface area (Å²) < 4.78 is 41.7. The van der Waals surface area contributed by atoms with Crippen molar-refractivity contribution in [3.05, 3.63) is 66.6 Å². The van der Waals surface area contributed by atoms with E-state index >= 15 is 0 Å². The Bertz CT molecular complexity index is 1270. The Morgan fingerprint density at radius 1 is 0.939 bits per heavy atom. The van der Waals surface area contributed by atoms with E-state index in [2.05, 4.69) is 9.88 Å². The second-order valence-electron chi connectivity index (χ2n) is 8.39. The van der Waals surface area contributed by atoms with Crippen LogP contribution in [0.2, 0.25) is 0 Å². The SMILES string of the molecule is O=C([C@@H]1CCCN1S(=O)(=O)c1cccc2cccnc12)N1CCN(c2ccc(F)cc2)CC1. The van der Waals surface area contributed by atoms with E-state index in [4.69, 9.17) is 0 Å². The third-order valence-electron chi connectivity index (χ3n) is 6.45. The van der Waals surface area contributed by atoms with E-state index in [1.165, 1.54) is 16.4 Å². The van der Waals surface area contributed by atoms with Gasteiger partial charge in [-0.25, -0.2) is 12.8 Å². The van der Waals surface area contributed by atoms with E-state index in [9.17, 15) is 17.6 Å². The highest BCUT2D eigenvalue weighted by Crippen LogP contribution is 2.31. The van der Waals surface area contributed by atoms with Crippen molar-refractivity contribution in [3.8, 4) is 0 Å². The van der Waals surface area contributed by atoms with Gasteiger partial charge in [0, 0.05) is 50.0 Å². The molecule has 5 rings (SSSR count). The molecule has 1 amide bonds. The normalized spacial score (nSPS) is 19.8. The number of carbonyl (C=O) groups excluding carboxylic acids is 1. The molecule has 172 valence electrons. The number of aromatic nitrogens is 1. The number of pyridine rings is 1. The van der Waals surface area contributed by atoms with Gasteiger partial charge >= 0.3 is 0 Å². The average molecular weight is 469 g/mol. The van der Waals surface area contributed by atoms with Crippen molar-refractivity contribution in [2.24, 2.45) is 0 Å². The molecule has 0 bridgehead atoms. The lowest BCUT2D eigenvalue weighted by Crippen LogP contribution is -2.54. The lowest BCUT2D eigenvalue weighted by atomic mass is 10.1. The monoisotopic (exact) mass is 468 g/mol. The summed E-state index contributed by atoms with van der Waals surface area (Å²) in [6.45, 7) is 2.54. The molecule has 0 N–H and O–H groups in total. The Morgan fingerprint density at radius 2 is 1.67 bits per heavy atom. The maximum absolute atomic E-state index is 13.6. The second kappa shape index (κ2) is 8.72. The molecule has 1 atom stereocenters. The largest absolute Gasteiger partial charge is 0.368 e. The Morgan fingerprint density at radius 3 is 2.42 bits per heavy atom. The summed E-state index contributed by atoms with van der Waals surface area (Å²) in [4.78, 5) is 21.7. The quantitative estimate of drug-likeness (QED) is 0.589. The van der Waals surface area contributed by atoms with Gasteiger partial charge in [0.15, 0.2) is 0 Å². The Labute approximate surface area is 192 Å². The number of carbonyl (C=O) groups is 1. The van der Waals surface area contributed by atoms with Crippen molar-refractivity contribution in [1.82, 2.24) is 14.2 Å². The molecule has 2 fully saturated rings. The van der Waals surface area contributed by atoms with Gasteiger partial charge in [0.2, 0.25) is 15.9 Å². The van der Waals surface area contributed by atoms with Gasteiger partial charge in [-0.1, -0.05) is 18.2 Å². The molecule has 33 heavy (non-hydrogen) atoms. The van der Waals surface area contributed by atoms with E-state index in [0.717, 1.165) is 11.1 Å². The van der Waals surface area contributed by atoms with Gasteiger partial charge in [-0.05, 0) is 49.2 Å². The van der Waals surface area contributed by atoms with Crippen LogP contribution in [0.5, 0.6) is 0 Å². The van der Waals surface area contributed by atoms with Crippen LogP contribution in [-0.4, -0.2) is 67.3 Å². The smallest absolute Gasteiger partial charge is 0.245 e. The maximum atomic E-state index is 13.6. The molecule has 1 aromatic heterocycles. The number of piperazine rings is 1. The van der Waals surface area contributed by atoms with Gasteiger partial charge < -0.3 is 9.80 Å². The van der Waals surface area contributed by atoms with Crippen LogP contribution in [0.15, 0.2) is 65.7 Å². The van der Waals surface area contributed by atoms with Crippen LogP contribution in [0.4, 0.5) is 10.1 Å². The fourth-order valence-electron chi connectivity index (χ4n) is 4.73. The number of nitrogens with zero attached hydrogens (tertiary/aromatic N) is 4. The van der Waals surface area contributed by atoms with Gasteiger partial charge in [0.05, 0.1) is 5.52 Å². The summed E-state index contributed by atoms with van der Waals surface area (Å²) >= 11 is 0. The molecule has 2 aliphatic heterocycles. The number of hydrogen-bond acceptors (Lipinski definition) is 5. The fraction of sp³-hybridized carbons (Fsp3) is 0.333. The molecule has 3 aromatic rings. The molecule has 2 saturated heterocycles. The number of rotatable bonds is 4. The first-order chi connectivity index (χ1) is 15.9. The highest BCUT2D eigenvalue weighted by Gasteiger charge is 2.42. The minimum atomic E-state index is -3.88. The van der Waals surface area contributed by atoms with Crippen molar-refractivity contribution >= 4 is 32.5 Å². The van der Waals surface area contributed by atoms with Gasteiger partial charge in [-0.3, -0.25) is 9.78 Å². The lowest BCUT2D eigenvalue weighted by molar-refractivity contribution is -0.134. The van der Waals surface area contributed by atoms with Crippen molar-refractivity contribution in [1.29, 1.82) is 0 Å². The molecule has 0 radical (unpaired) electrons. The third kappa shape index (κ3) is 4.06. The molecule has 0 unspecified atom stereocenters. The summed E-state index contributed by atoms with van der Waals surface area (Å²) in [7, 11) is -3.88. The predicted molar refractivity (Wildman–Crippen MR) is 124 cm³/mol. The number of benzene rings is 2. The second-order valence-corrected chi connectivity index (χ2v) is 10.3. The third-order valence-corrected chi connectivity index (χ3v) is 8.39. The zero-order chi connectivity index (χ0) is 23.0. The summed E-state index contributed by atoms with van der Waals surface area (Å²) in [6, 6.07) is 14.3. The molecular weight excluding hydrogens is 443 g/mol. The highest BCUT2D eigenvalue weighted by atomic mass is 32.2. The van der Waals surface area contributed by atoms with Crippen LogP contribution in [0.25, 0.3) is 10.9 Å². The first-order valence-corrected chi connectivity index (χ1v) is 12.5. The number of halogens is 1. The molecule has 7 nitrogen and oxygen atoms in total. The molecule has 0 aliphatic carbocycles. The van der Waals surface area contributed by atoms with E-state index in [-0.39, 0.29) is 16.6 Å². The van der Waals surface area contributed by atoms with Crippen molar-refractivity contribution in [2.75, 3.05) is 37.6 Å². The van der Waals surface area contributed by atoms with Crippen molar-refractivity contribution in [3.63, 3.8) is 0 Å². The highest BCUT2D eigenvalue weighted by molar-refractivity contribution is 7.89. The molecule has 9 heteroatoms. The molecule has 2 aromatic carbocycles. The minimum absolute atomic E-state index is 0.140. The van der Waals surface area contributed by atoms with Gasteiger partial charge in [-0.15, -0.1) is 0 Å². The van der Waals surface area contributed by atoms with E-state index < -0.39 is 16.1 Å². The van der Waals surface area contributed by atoms with Crippen LogP contribution >= 0.6 is 0 Å². The maximum Gasteiger partial charge on any atom is 0.245 e. The van der Waals surface area contributed by atoms with E-state index in [1.807, 2.05) is 12.1 Å². The molecule has 3 heterocycles. The van der Waals surface area contributed by atoms with Gasteiger partial charge in [0.1, 0.15) is 16.8 Å². The number of para-hydroxylation sites is 1. The molecule has 0 saturated carbocycles. The first-order valence-electron chi connectivity index (χ1n) is 11.1. The van der Waals surface area contributed by atoms with Crippen LogP contribution in [0.1, 0.15) is 12.8 Å². The van der Waals surface area contributed by atoms with E-state index in [1.54, 1.807) is 41.4 Å².